The van der Waals surface area contributed by atoms with Gasteiger partial charge in [0.25, 0.3) is 0 Å². The Bertz CT molecular complexity index is 938. The van der Waals surface area contributed by atoms with Gasteiger partial charge in [-0.3, -0.25) is 9.59 Å². The number of Topliss-reactive ketones (excluding diaryl/α,β-unsaturated/α-hetero) is 1. The van der Waals surface area contributed by atoms with Crippen LogP contribution in [0, 0.1) is 0 Å². The highest BCUT2D eigenvalue weighted by Gasteiger charge is 2.05. The van der Waals surface area contributed by atoms with Gasteiger partial charge in [0.05, 0.1) is 6.54 Å². The zero-order valence-corrected chi connectivity index (χ0v) is 15.6. The van der Waals surface area contributed by atoms with Crippen molar-refractivity contribution in [2.24, 2.45) is 0 Å². The molecule has 0 spiro atoms. The lowest BCUT2D eigenvalue weighted by Gasteiger charge is -2.10. The van der Waals surface area contributed by atoms with Gasteiger partial charge in [0.15, 0.2) is 5.78 Å². The molecule has 0 radical (unpaired) electrons. The molecule has 2 N–H and O–H groups in total. The zero-order chi connectivity index (χ0) is 19.8. The lowest BCUT2D eigenvalue weighted by molar-refractivity contribution is -0.114. The van der Waals surface area contributed by atoms with E-state index in [-0.39, 0.29) is 18.2 Å². The molecule has 0 saturated heterocycles. The first kappa shape index (κ1) is 19.2. The van der Waals surface area contributed by atoms with Gasteiger partial charge < -0.3 is 15.4 Å². The molecular formula is C23H22N2O3. The Labute approximate surface area is 164 Å². The first-order valence-corrected chi connectivity index (χ1v) is 9.02. The summed E-state index contributed by atoms with van der Waals surface area (Å²) in [6, 6.07) is 24.3. The van der Waals surface area contributed by atoms with Crippen molar-refractivity contribution in [3.63, 3.8) is 0 Å². The summed E-state index contributed by atoms with van der Waals surface area (Å²) in [4.78, 5) is 23.5. The maximum absolute atomic E-state index is 12.1. The number of anilines is 2. The predicted molar refractivity (Wildman–Crippen MR) is 111 cm³/mol. The quantitative estimate of drug-likeness (QED) is 0.569. The van der Waals surface area contributed by atoms with Gasteiger partial charge >= 0.3 is 0 Å². The summed E-state index contributed by atoms with van der Waals surface area (Å²) in [5.74, 6) is 0.551. The van der Waals surface area contributed by atoms with Gasteiger partial charge in [-0.1, -0.05) is 42.5 Å². The third kappa shape index (κ3) is 5.71. The van der Waals surface area contributed by atoms with Crippen LogP contribution in [-0.4, -0.2) is 18.2 Å². The largest absolute Gasteiger partial charge is 0.489 e. The van der Waals surface area contributed by atoms with Crippen molar-refractivity contribution in [2.45, 2.75) is 13.5 Å². The fourth-order valence-corrected chi connectivity index (χ4v) is 2.61. The maximum atomic E-state index is 12.1. The summed E-state index contributed by atoms with van der Waals surface area (Å²) in [5.41, 5.74) is 3.13. The average molecular weight is 374 g/mol. The van der Waals surface area contributed by atoms with Gasteiger partial charge in [-0.25, -0.2) is 0 Å². The first-order chi connectivity index (χ1) is 13.6. The fourth-order valence-electron chi connectivity index (χ4n) is 2.61. The number of amides is 1. The number of hydrogen-bond donors (Lipinski definition) is 2. The molecule has 0 fully saturated rings. The molecule has 1 amide bonds. The van der Waals surface area contributed by atoms with E-state index >= 15 is 0 Å². The normalized spacial score (nSPS) is 10.2. The predicted octanol–water partition coefficient (Wildman–Crippen LogP) is 4.52. The molecule has 0 unspecified atom stereocenters. The lowest BCUT2D eigenvalue weighted by Crippen LogP contribution is -2.21. The van der Waals surface area contributed by atoms with Crippen molar-refractivity contribution in [2.75, 3.05) is 17.2 Å². The van der Waals surface area contributed by atoms with Gasteiger partial charge in [-0.2, -0.15) is 0 Å². The third-order valence-corrected chi connectivity index (χ3v) is 4.11. The van der Waals surface area contributed by atoms with E-state index in [1.165, 1.54) is 6.92 Å². The minimum Gasteiger partial charge on any atom is -0.489 e. The number of carbonyl (C=O) groups excluding carboxylic acids is 2. The number of benzene rings is 3. The van der Waals surface area contributed by atoms with Gasteiger partial charge in [-0.15, -0.1) is 0 Å². The molecule has 5 nitrogen and oxygen atoms in total. The summed E-state index contributed by atoms with van der Waals surface area (Å²) in [6.45, 7) is 2.11. The van der Waals surface area contributed by atoms with Crippen LogP contribution < -0.4 is 15.4 Å². The maximum Gasteiger partial charge on any atom is 0.243 e. The van der Waals surface area contributed by atoms with E-state index in [1.54, 1.807) is 30.3 Å². The second kappa shape index (κ2) is 9.37. The van der Waals surface area contributed by atoms with E-state index in [0.29, 0.717) is 17.9 Å². The Balaban J connectivity index is 1.47. The molecule has 0 heterocycles. The van der Waals surface area contributed by atoms with Crippen molar-refractivity contribution in [1.82, 2.24) is 0 Å². The van der Waals surface area contributed by atoms with Crippen molar-refractivity contribution < 1.29 is 14.3 Å². The van der Waals surface area contributed by atoms with Crippen LogP contribution in [0.25, 0.3) is 0 Å². The van der Waals surface area contributed by atoms with Gasteiger partial charge in [0.1, 0.15) is 12.4 Å². The first-order valence-electron chi connectivity index (χ1n) is 9.02. The van der Waals surface area contributed by atoms with Gasteiger partial charge in [0.2, 0.25) is 5.91 Å². The standard InChI is InChI=1S/C23H22N2O3/c1-17(26)19-8-5-9-21(14-19)24-15-23(27)25-20-10-12-22(13-11-20)28-16-18-6-3-2-4-7-18/h2-14,24H,15-16H2,1H3,(H,25,27). The van der Waals surface area contributed by atoms with Crippen molar-refractivity contribution >= 4 is 23.1 Å². The molecule has 0 aliphatic rings. The molecule has 0 bridgehead atoms. The molecule has 0 atom stereocenters. The van der Waals surface area contributed by atoms with E-state index in [0.717, 1.165) is 17.0 Å². The summed E-state index contributed by atoms with van der Waals surface area (Å²) >= 11 is 0. The van der Waals surface area contributed by atoms with E-state index < -0.39 is 0 Å². The number of nitrogens with one attached hydrogen (secondary N) is 2. The van der Waals surface area contributed by atoms with Crippen LogP contribution in [0.3, 0.4) is 0 Å². The van der Waals surface area contributed by atoms with E-state index in [2.05, 4.69) is 10.6 Å². The molecule has 0 aliphatic carbocycles. The van der Waals surface area contributed by atoms with Crippen LogP contribution in [-0.2, 0) is 11.4 Å². The number of ketones is 1. The number of hydrogen-bond acceptors (Lipinski definition) is 4. The average Bonchev–Trinajstić information content (AvgIpc) is 2.73. The minimum atomic E-state index is -0.175. The molecule has 3 aromatic rings. The highest BCUT2D eigenvalue weighted by atomic mass is 16.5. The number of carbonyl (C=O) groups is 2. The van der Waals surface area contributed by atoms with Crippen LogP contribution in [0.1, 0.15) is 22.8 Å². The topological polar surface area (TPSA) is 67.4 Å². The Morgan fingerprint density at radius 2 is 1.61 bits per heavy atom. The second-order valence-corrected chi connectivity index (χ2v) is 6.34. The molecule has 0 aliphatic heterocycles. The molecule has 142 valence electrons. The third-order valence-electron chi connectivity index (χ3n) is 4.11. The smallest absolute Gasteiger partial charge is 0.243 e. The molecule has 5 heteroatoms. The summed E-state index contributed by atoms with van der Waals surface area (Å²) < 4.78 is 5.74. The zero-order valence-electron chi connectivity index (χ0n) is 15.6. The van der Waals surface area contributed by atoms with Crippen LogP contribution in [0.5, 0.6) is 5.75 Å². The Morgan fingerprint density at radius 3 is 2.32 bits per heavy atom. The molecule has 0 aromatic heterocycles. The van der Waals surface area contributed by atoms with Crippen LogP contribution in [0.4, 0.5) is 11.4 Å². The second-order valence-electron chi connectivity index (χ2n) is 6.34. The lowest BCUT2D eigenvalue weighted by atomic mass is 10.1. The highest BCUT2D eigenvalue weighted by molar-refractivity contribution is 5.96. The van der Waals surface area contributed by atoms with Crippen LogP contribution in [0.15, 0.2) is 78.9 Å². The van der Waals surface area contributed by atoms with Crippen LogP contribution in [0.2, 0.25) is 0 Å². The minimum absolute atomic E-state index is 0.0114. The Morgan fingerprint density at radius 1 is 0.857 bits per heavy atom. The molecule has 3 aromatic carbocycles. The molecule has 28 heavy (non-hydrogen) atoms. The Hall–Kier alpha value is -3.60. The summed E-state index contributed by atoms with van der Waals surface area (Å²) in [5, 5.41) is 5.85. The van der Waals surface area contributed by atoms with Crippen LogP contribution >= 0.6 is 0 Å². The summed E-state index contributed by atoms with van der Waals surface area (Å²) in [7, 11) is 0. The van der Waals surface area contributed by atoms with Crippen molar-refractivity contribution in [3.8, 4) is 5.75 Å². The van der Waals surface area contributed by atoms with E-state index in [1.807, 2.05) is 48.5 Å². The van der Waals surface area contributed by atoms with Gasteiger partial charge in [-0.05, 0) is 48.9 Å². The molecule has 3 rings (SSSR count). The number of ether oxygens (including phenoxy) is 1. The van der Waals surface area contributed by atoms with Crippen molar-refractivity contribution in [3.05, 3.63) is 90.0 Å². The molecular weight excluding hydrogens is 352 g/mol. The van der Waals surface area contributed by atoms with E-state index in [9.17, 15) is 9.59 Å². The fraction of sp³-hybridized carbons (Fsp3) is 0.130. The monoisotopic (exact) mass is 374 g/mol. The number of rotatable bonds is 8. The summed E-state index contributed by atoms with van der Waals surface area (Å²) in [6.07, 6.45) is 0. The highest BCUT2D eigenvalue weighted by Crippen LogP contribution is 2.17. The SMILES string of the molecule is CC(=O)c1cccc(NCC(=O)Nc2ccc(OCc3ccccc3)cc2)c1. The van der Waals surface area contributed by atoms with Gasteiger partial charge in [0, 0.05) is 16.9 Å². The molecule has 0 saturated carbocycles. The van der Waals surface area contributed by atoms with E-state index in [4.69, 9.17) is 4.74 Å². The Kier molecular flexibility index (Phi) is 6.41. The van der Waals surface area contributed by atoms with Crippen molar-refractivity contribution in [1.29, 1.82) is 0 Å².